The molecule has 2 aromatic rings. The summed E-state index contributed by atoms with van der Waals surface area (Å²) in [5.74, 6) is -0.587. The molecule has 1 aliphatic heterocycles. The van der Waals surface area contributed by atoms with E-state index >= 15 is 0 Å². The Bertz CT molecular complexity index is 719. The number of hydrogen-bond acceptors (Lipinski definition) is 1. The number of fused-ring (bicyclic) bond motifs is 1. The van der Waals surface area contributed by atoms with Crippen LogP contribution in [0.15, 0.2) is 40.9 Å². The maximum atomic E-state index is 13.4. The number of rotatable bonds is 1. The second kappa shape index (κ2) is 5.78. The van der Waals surface area contributed by atoms with Gasteiger partial charge in [0.15, 0.2) is 0 Å². The van der Waals surface area contributed by atoms with Gasteiger partial charge in [0.25, 0.3) is 0 Å². The maximum absolute atomic E-state index is 13.4. The smallest absolute Gasteiger partial charge is 0.221 e. The molecule has 2 aromatic carbocycles. The van der Waals surface area contributed by atoms with Gasteiger partial charge in [-0.25, -0.2) is 4.39 Å². The molecule has 0 aliphatic carbocycles. The average molecular weight is 369 g/mol. The highest BCUT2D eigenvalue weighted by molar-refractivity contribution is 9.10. The van der Waals surface area contributed by atoms with Crippen molar-refractivity contribution >= 4 is 33.4 Å². The van der Waals surface area contributed by atoms with Gasteiger partial charge in [-0.15, -0.1) is 0 Å². The number of benzene rings is 2. The van der Waals surface area contributed by atoms with Gasteiger partial charge in [0.2, 0.25) is 5.91 Å². The van der Waals surface area contributed by atoms with Crippen LogP contribution in [0.4, 0.5) is 4.39 Å². The Morgan fingerprint density at radius 3 is 2.81 bits per heavy atom. The topological polar surface area (TPSA) is 29.1 Å². The van der Waals surface area contributed by atoms with Gasteiger partial charge in [0.1, 0.15) is 5.82 Å². The molecule has 0 bridgehead atoms. The van der Waals surface area contributed by atoms with Gasteiger partial charge >= 0.3 is 0 Å². The van der Waals surface area contributed by atoms with E-state index in [1.54, 1.807) is 12.1 Å². The Kier molecular flexibility index (Phi) is 4.00. The van der Waals surface area contributed by atoms with Crippen molar-refractivity contribution in [3.05, 3.63) is 68.4 Å². The van der Waals surface area contributed by atoms with Gasteiger partial charge in [-0.05, 0) is 41.0 Å². The molecule has 5 heteroatoms. The first-order chi connectivity index (χ1) is 10.0. The molecule has 21 heavy (non-hydrogen) atoms. The van der Waals surface area contributed by atoms with Crippen LogP contribution < -0.4 is 5.32 Å². The molecule has 1 atom stereocenters. The summed E-state index contributed by atoms with van der Waals surface area (Å²) in [6.45, 7) is 0.499. The minimum absolute atomic E-state index is 0.0206. The summed E-state index contributed by atoms with van der Waals surface area (Å²) in [6.07, 6.45) is 0.330. The number of hydrogen-bond donors (Lipinski definition) is 1. The fraction of sp³-hybridized carbons (Fsp3) is 0.188. The molecule has 108 valence electrons. The average Bonchev–Trinajstić information content (AvgIpc) is 2.61. The van der Waals surface area contributed by atoms with E-state index in [-0.39, 0.29) is 16.8 Å². The lowest BCUT2D eigenvalue weighted by molar-refractivity contribution is -0.121. The SMILES string of the molecule is O=C1C[C@H](c2ccc(F)c(Cl)c2)c2ccc(Br)cc2CN1. The van der Waals surface area contributed by atoms with E-state index in [1.165, 1.54) is 6.07 Å². The van der Waals surface area contributed by atoms with E-state index in [2.05, 4.69) is 21.2 Å². The van der Waals surface area contributed by atoms with Crippen LogP contribution in [0, 0.1) is 5.82 Å². The van der Waals surface area contributed by atoms with Crippen LogP contribution in [-0.2, 0) is 11.3 Å². The van der Waals surface area contributed by atoms with Gasteiger partial charge in [-0.3, -0.25) is 4.79 Å². The lowest BCUT2D eigenvalue weighted by Gasteiger charge is -2.17. The van der Waals surface area contributed by atoms with E-state index in [0.717, 1.165) is 21.2 Å². The number of carbonyl (C=O) groups is 1. The molecule has 1 amide bonds. The van der Waals surface area contributed by atoms with Crippen molar-refractivity contribution in [3.63, 3.8) is 0 Å². The monoisotopic (exact) mass is 367 g/mol. The summed E-state index contributed by atoms with van der Waals surface area (Å²) < 4.78 is 14.3. The summed E-state index contributed by atoms with van der Waals surface area (Å²) in [4.78, 5) is 11.9. The predicted octanol–water partition coefficient (Wildman–Crippen LogP) is 4.39. The van der Waals surface area contributed by atoms with E-state index in [1.807, 2.05) is 18.2 Å². The van der Waals surface area contributed by atoms with E-state index in [4.69, 9.17) is 11.6 Å². The summed E-state index contributed by atoms with van der Waals surface area (Å²) in [5.41, 5.74) is 2.97. The molecule has 0 saturated heterocycles. The number of nitrogens with one attached hydrogen (secondary N) is 1. The Balaban J connectivity index is 2.11. The van der Waals surface area contributed by atoms with Crippen molar-refractivity contribution in [3.8, 4) is 0 Å². The van der Waals surface area contributed by atoms with E-state index < -0.39 is 5.82 Å². The molecular formula is C16H12BrClFNO. The van der Waals surface area contributed by atoms with Crippen molar-refractivity contribution in [1.29, 1.82) is 0 Å². The van der Waals surface area contributed by atoms with Gasteiger partial charge in [-0.1, -0.05) is 39.7 Å². The predicted molar refractivity (Wildman–Crippen MR) is 83.9 cm³/mol. The molecule has 1 N–H and O–H groups in total. The van der Waals surface area contributed by atoms with Gasteiger partial charge in [0.05, 0.1) is 5.02 Å². The quantitative estimate of drug-likeness (QED) is 0.794. The molecule has 0 saturated carbocycles. The third kappa shape index (κ3) is 2.97. The van der Waals surface area contributed by atoms with Gasteiger partial charge in [-0.2, -0.15) is 0 Å². The van der Waals surface area contributed by atoms with Crippen molar-refractivity contribution in [2.45, 2.75) is 18.9 Å². The molecule has 1 aliphatic rings. The van der Waals surface area contributed by atoms with Gasteiger partial charge < -0.3 is 5.32 Å². The Morgan fingerprint density at radius 1 is 1.24 bits per heavy atom. The third-order valence-corrected chi connectivity index (χ3v) is 4.47. The molecule has 0 spiro atoms. The summed E-state index contributed by atoms with van der Waals surface area (Å²) in [5, 5.41) is 2.97. The van der Waals surface area contributed by atoms with Crippen molar-refractivity contribution in [1.82, 2.24) is 5.32 Å². The third-order valence-electron chi connectivity index (χ3n) is 3.69. The molecule has 0 radical (unpaired) electrons. The van der Waals surface area contributed by atoms with Crippen molar-refractivity contribution < 1.29 is 9.18 Å². The number of halogens is 3. The van der Waals surface area contributed by atoms with Crippen molar-refractivity contribution in [2.75, 3.05) is 0 Å². The molecular weight excluding hydrogens is 357 g/mol. The molecule has 1 heterocycles. The van der Waals surface area contributed by atoms with E-state index in [0.29, 0.717) is 13.0 Å². The summed E-state index contributed by atoms with van der Waals surface area (Å²) >= 11 is 9.32. The lowest BCUT2D eigenvalue weighted by Crippen LogP contribution is -2.21. The first-order valence-electron chi connectivity index (χ1n) is 6.54. The minimum Gasteiger partial charge on any atom is -0.352 e. The minimum atomic E-state index is -0.450. The van der Waals surface area contributed by atoms with Crippen molar-refractivity contribution in [2.24, 2.45) is 0 Å². The Morgan fingerprint density at radius 2 is 2.05 bits per heavy atom. The summed E-state index contributed by atoms with van der Waals surface area (Å²) in [7, 11) is 0. The fourth-order valence-electron chi connectivity index (χ4n) is 2.66. The highest BCUT2D eigenvalue weighted by Crippen LogP contribution is 2.35. The number of amides is 1. The maximum Gasteiger partial charge on any atom is 0.221 e. The van der Waals surface area contributed by atoms with Crippen LogP contribution in [0.25, 0.3) is 0 Å². The summed E-state index contributed by atoms with van der Waals surface area (Å²) in [6, 6.07) is 10.6. The largest absolute Gasteiger partial charge is 0.352 e. The first kappa shape index (κ1) is 14.5. The molecule has 2 nitrogen and oxygen atoms in total. The van der Waals surface area contributed by atoms with Crippen LogP contribution in [0.1, 0.15) is 29.0 Å². The zero-order chi connectivity index (χ0) is 15.0. The van der Waals surface area contributed by atoms with Crippen LogP contribution in [0.3, 0.4) is 0 Å². The van der Waals surface area contributed by atoms with Crippen LogP contribution in [0.5, 0.6) is 0 Å². The lowest BCUT2D eigenvalue weighted by atomic mass is 9.86. The Hall–Kier alpha value is -1.39. The zero-order valence-corrected chi connectivity index (χ0v) is 13.3. The second-order valence-electron chi connectivity index (χ2n) is 5.05. The second-order valence-corrected chi connectivity index (χ2v) is 6.37. The molecule has 0 fully saturated rings. The highest BCUT2D eigenvalue weighted by Gasteiger charge is 2.24. The molecule has 0 unspecified atom stereocenters. The normalized spacial score (nSPS) is 17.9. The molecule has 0 aromatic heterocycles. The zero-order valence-electron chi connectivity index (χ0n) is 11.0. The number of carbonyl (C=O) groups excluding carboxylic acids is 1. The van der Waals surface area contributed by atoms with Crippen LogP contribution >= 0.6 is 27.5 Å². The van der Waals surface area contributed by atoms with Gasteiger partial charge in [0, 0.05) is 23.4 Å². The van der Waals surface area contributed by atoms with Crippen LogP contribution in [-0.4, -0.2) is 5.91 Å². The first-order valence-corrected chi connectivity index (χ1v) is 7.71. The fourth-order valence-corrected chi connectivity index (χ4v) is 3.25. The Labute approximate surface area is 135 Å². The van der Waals surface area contributed by atoms with Crippen LogP contribution in [0.2, 0.25) is 5.02 Å². The highest BCUT2D eigenvalue weighted by atomic mass is 79.9. The standard InChI is InChI=1S/C16H12BrClFNO/c17-11-2-3-12-10(5-11)8-20-16(21)7-13(12)9-1-4-15(19)14(18)6-9/h1-6,13H,7-8H2,(H,20,21)/t13-/m1/s1. The van der Waals surface area contributed by atoms with E-state index in [9.17, 15) is 9.18 Å². The molecule has 3 rings (SSSR count).